The molecule has 0 heterocycles. The molecule has 1 aromatic rings. The van der Waals surface area contributed by atoms with Crippen LogP contribution in [0.5, 0.6) is 0 Å². The number of rotatable bonds is 2. The van der Waals surface area contributed by atoms with Crippen LogP contribution in [0.15, 0.2) is 18.2 Å². The highest BCUT2D eigenvalue weighted by Gasteiger charge is 2.11. The van der Waals surface area contributed by atoms with E-state index in [-0.39, 0.29) is 0 Å². The van der Waals surface area contributed by atoms with E-state index in [0.29, 0.717) is 5.46 Å². The third-order valence-electron chi connectivity index (χ3n) is 2.00. The van der Waals surface area contributed by atoms with Crippen LogP contribution in [0.4, 0.5) is 5.69 Å². The van der Waals surface area contributed by atoms with E-state index in [1.54, 1.807) is 12.1 Å². The first kappa shape index (κ1) is 10.1. The standard InChI is InChI=1S/C9H14BNO2/c1-7-6-8(10(12)13)4-5-9(7)11(2)3/h4-6,12-13H,1-3H3. The average Bonchev–Trinajstić information content (AvgIpc) is 2.03. The third kappa shape index (κ3) is 2.23. The molecular weight excluding hydrogens is 165 g/mol. The first-order valence-electron chi connectivity index (χ1n) is 4.16. The van der Waals surface area contributed by atoms with Crippen LogP contribution in [0.25, 0.3) is 0 Å². The van der Waals surface area contributed by atoms with E-state index in [4.69, 9.17) is 10.0 Å². The van der Waals surface area contributed by atoms with Gasteiger partial charge in [0.15, 0.2) is 0 Å². The van der Waals surface area contributed by atoms with Crippen molar-refractivity contribution in [2.24, 2.45) is 0 Å². The zero-order valence-electron chi connectivity index (χ0n) is 8.15. The molecule has 1 aromatic carbocycles. The third-order valence-corrected chi connectivity index (χ3v) is 2.00. The molecule has 0 fully saturated rings. The summed E-state index contributed by atoms with van der Waals surface area (Å²) >= 11 is 0. The van der Waals surface area contributed by atoms with Gasteiger partial charge in [0.1, 0.15) is 0 Å². The molecule has 3 nitrogen and oxygen atoms in total. The Balaban J connectivity index is 3.06. The predicted molar refractivity (Wildman–Crippen MR) is 55.3 cm³/mol. The molecule has 0 unspecified atom stereocenters. The molecule has 0 aromatic heterocycles. The Labute approximate surface area is 78.8 Å². The minimum absolute atomic E-state index is 0.531. The fourth-order valence-electron chi connectivity index (χ4n) is 1.34. The van der Waals surface area contributed by atoms with Crippen LogP contribution < -0.4 is 10.4 Å². The van der Waals surface area contributed by atoms with Crippen molar-refractivity contribution >= 4 is 18.3 Å². The Bertz CT molecular complexity index is 300. The van der Waals surface area contributed by atoms with E-state index in [9.17, 15) is 0 Å². The van der Waals surface area contributed by atoms with Crippen molar-refractivity contribution in [1.82, 2.24) is 0 Å². The van der Waals surface area contributed by atoms with Gasteiger partial charge < -0.3 is 14.9 Å². The number of nitrogens with zero attached hydrogens (tertiary/aromatic N) is 1. The molecule has 0 amide bonds. The maximum absolute atomic E-state index is 8.92. The van der Waals surface area contributed by atoms with Gasteiger partial charge in [0, 0.05) is 19.8 Å². The lowest BCUT2D eigenvalue weighted by atomic mass is 9.79. The summed E-state index contributed by atoms with van der Waals surface area (Å²) < 4.78 is 0. The SMILES string of the molecule is Cc1cc(B(O)O)ccc1N(C)C. The van der Waals surface area contributed by atoms with E-state index >= 15 is 0 Å². The fraction of sp³-hybridized carbons (Fsp3) is 0.333. The molecule has 13 heavy (non-hydrogen) atoms. The van der Waals surface area contributed by atoms with Crippen LogP contribution >= 0.6 is 0 Å². The van der Waals surface area contributed by atoms with Crippen LogP contribution in [0.1, 0.15) is 5.56 Å². The number of aryl methyl sites for hydroxylation is 1. The first-order chi connectivity index (χ1) is 6.02. The van der Waals surface area contributed by atoms with Crippen LogP contribution in [-0.4, -0.2) is 31.3 Å². The van der Waals surface area contributed by atoms with Crippen molar-refractivity contribution < 1.29 is 10.0 Å². The maximum atomic E-state index is 8.92. The smallest absolute Gasteiger partial charge is 0.423 e. The highest BCUT2D eigenvalue weighted by molar-refractivity contribution is 6.58. The monoisotopic (exact) mass is 179 g/mol. The molecule has 0 saturated heterocycles. The van der Waals surface area contributed by atoms with Gasteiger partial charge in [-0.25, -0.2) is 0 Å². The van der Waals surface area contributed by atoms with Crippen molar-refractivity contribution in [2.45, 2.75) is 6.92 Å². The summed E-state index contributed by atoms with van der Waals surface area (Å²) in [5, 5.41) is 17.8. The van der Waals surface area contributed by atoms with E-state index in [1.807, 2.05) is 32.0 Å². The fourth-order valence-corrected chi connectivity index (χ4v) is 1.34. The first-order valence-corrected chi connectivity index (χ1v) is 4.16. The van der Waals surface area contributed by atoms with E-state index < -0.39 is 7.12 Å². The van der Waals surface area contributed by atoms with Gasteiger partial charge in [-0.2, -0.15) is 0 Å². The molecule has 0 saturated carbocycles. The van der Waals surface area contributed by atoms with Gasteiger partial charge in [-0.1, -0.05) is 12.1 Å². The largest absolute Gasteiger partial charge is 0.488 e. The lowest BCUT2D eigenvalue weighted by Gasteiger charge is -2.16. The van der Waals surface area contributed by atoms with Crippen LogP contribution in [-0.2, 0) is 0 Å². The van der Waals surface area contributed by atoms with Crippen molar-refractivity contribution in [3.05, 3.63) is 23.8 Å². The zero-order valence-corrected chi connectivity index (χ0v) is 8.15. The average molecular weight is 179 g/mol. The van der Waals surface area contributed by atoms with Crippen LogP contribution in [0.3, 0.4) is 0 Å². The summed E-state index contributed by atoms with van der Waals surface area (Å²) in [6, 6.07) is 5.37. The molecule has 0 aliphatic heterocycles. The van der Waals surface area contributed by atoms with E-state index in [0.717, 1.165) is 11.3 Å². The van der Waals surface area contributed by atoms with Gasteiger partial charge in [-0.05, 0) is 24.0 Å². The lowest BCUT2D eigenvalue weighted by Crippen LogP contribution is -2.30. The molecule has 0 aliphatic carbocycles. The van der Waals surface area contributed by atoms with E-state index in [2.05, 4.69) is 0 Å². The second kappa shape index (κ2) is 3.81. The molecule has 2 N–H and O–H groups in total. The molecule has 1 rings (SSSR count). The molecule has 0 bridgehead atoms. The molecule has 4 heteroatoms. The number of anilines is 1. The Morgan fingerprint density at radius 1 is 1.23 bits per heavy atom. The van der Waals surface area contributed by atoms with Gasteiger partial charge in [0.05, 0.1) is 0 Å². The minimum atomic E-state index is -1.38. The van der Waals surface area contributed by atoms with Crippen LogP contribution in [0, 0.1) is 6.92 Å². The van der Waals surface area contributed by atoms with Gasteiger partial charge in [-0.3, -0.25) is 0 Å². The second-order valence-electron chi connectivity index (χ2n) is 3.31. The highest BCUT2D eigenvalue weighted by Crippen LogP contribution is 2.14. The normalized spacial score (nSPS) is 9.92. The second-order valence-corrected chi connectivity index (χ2v) is 3.31. The zero-order chi connectivity index (χ0) is 10.0. The van der Waals surface area contributed by atoms with Crippen molar-refractivity contribution in [3.63, 3.8) is 0 Å². The quantitative estimate of drug-likeness (QED) is 0.614. The summed E-state index contributed by atoms with van der Waals surface area (Å²) in [6.07, 6.45) is 0. The lowest BCUT2D eigenvalue weighted by molar-refractivity contribution is 0.426. The number of hydrogen-bond acceptors (Lipinski definition) is 3. The Kier molecular flexibility index (Phi) is 2.96. The summed E-state index contributed by atoms with van der Waals surface area (Å²) in [5.74, 6) is 0. The Morgan fingerprint density at radius 3 is 2.23 bits per heavy atom. The van der Waals surface area contributed by atoms with E-state index in [1.165, 1.54) is 0 Å². The summed E-state index contributed by atoms with van der Waals surface area (Å²) in [6.45, 7) is 1.95. The highest BCUT2D eigenvalue weighted by atomic mass is 16.4. The summed E-state index contributed by atoms with van der Waals surface area (Å²) in [5.41, 5.74) is 2.66. The number of hydrogen-bond donors (Lipinski definition) is 2. The van der Waals surface area contributed by atoms with Gasteiger partial charge in [0.25, 0.3) is 0 Å². The summed E-state index contributed by atoms with van der Waals surface area (Å²) in [7, 11) is 2.53. The molecule has 0 radical (unpaired) electrons. The minimum Gasteiger partial charge on any atom is -0.423 e. The Hall–Kier alpha value is -0.995. The molecule has 0 aliphatic rings. The van der Waals surface area contributed by atoms with Gasteiger partial charge in [-0.15, -0.1) is 0 Å². The Morgan fingerprint density at radius 2 is 1.85 bits per heavy atom. The predicted octanol–water partition coefficient (Wildman–Crippen LogP) is -0.259. The van der Waals surface area contributed by atoms with Crippen LogP contribution in [0.2, 0.25) is 0 Å². The van der Waals surface area contributed by atoms with Crippen molar-refractivity contribution in [1.29, 1.82) is 0 Å². The topological polar surface area (TPSA) is 43.7 Å². The van der Waals surface area contributed by atoms with Crippen molar-refractivity contribution in [3.8, 4) is 0 Å². The van der Waals surface area contributed by atoms with Gasteiger partial charge in [0.2, 0.25) is 0 Å². The van der Waals surface area contributed by atoms with Crippen molar-refractivity contribution in [2.75, 3.05) is 19.0 Å². The molecule has 0 atom stereocenters. The molecular formula is C9H14BNO2. The summed E-state index contributed by atoms with van der Waals surface area (Å²) in [4.78, 5) is 1.99. The molecule has 0 spiro atoms. The number of benzene rings is 1. The maximum Gasteiger partial charge on any atom is 0.488 e. The van der Waals surface area contributed by atoms with Gasteiger partial charge >= 0.3 is 7.12 Å². The molecule has 70 valence electrons.